The standard InChI is InChI=1S/C23H31ClN4O2/c1-4-5-13-27(23(30)25-18-9-8-17(2)21(24)14-18)16-22(29)28(19-10-11-19)15-20-7-6-12-26(20)3/h6-9,12,14,19H,4-5,10-11,13,15-16H2,1-3H3,(H,25,30). The van der Waals surface area contributed by atoms with Crippen LogP contribution in [0.4, 0.5) is 10.5 Å². The number of anilines is 1. The van der Waals surface area contributed by atoms with Crippen molar-refractivity contribution >= 4 is 29.2 Å². The zero-order valence-electron chi connectivity index (χ0n) is 18.0. The van der Waals surface area contributed by atoms with Gasteiger partial charge in [-0.15, -0.1) is 0 Å². The Bertz CT molecular complexity index is 891. The van der Waals surface area contributed by atoms with Gasteiger partial charge in [0.25, 0.3) is 0 Å². The fraction of sp³-hybridized carbons (Fsp3) is 0.478. The largest absolute Gasteiger partial charge is 0.353 e. The van der Waals surface area contributed by atoms with Crippen LogP contribution in [0.25, 0.3) is 0 Å². The van der Waals surface area contributed by atoms with Crippen LogP contribution in [0, 0.1) is 6.92 Å². The predicted molar refractivity (Wildman–Crippen MR) is 121 cm³/mol. The van der Waals surface area contributed by atoms with Crippen LogP contribution >= 0.6 is 11.6 Å². The van der Waals surface area contributed by atoms with Crippen LogP contribution in [0.3, 0.4) is 0 Å². The highest BCUT2D eigenvalue weighted by molar-refractivity contribution is 6.31. The molecule has 6 nitrogen and oxygen atoms in total. The molecule has 3 amide bonds. The Kier molecular flexibility index (Phi) is 7.43. The van der Waals surface area contributed by atoms with E-state index < -0.39 is 0 Å². The van der Waals surface area contributed by atoms with Crippen LogP contribution in [-0.2, 0) is 18.4 Å². The Balaban J connectivity index is 1.68. The second-order valence-electron chi connectivity index (χ2n) is 8.03. The van der Waals surface area contributed by atoms with Gasteiger partial charge in [0.15, 0.2) is 0 Å². The highest BCUT2D eigenvalue weighted by Crippen LogP contribution is 2.29. The maximum Gasteiger partial charge on any atom is 0.322 e. The molecule has 162 valence electrons. The number of unbranched alkanes of at least 4 members (excludes halogenated alkanes) is 1. The summed E-state index contributed by atoms with van der Waals surface area (Å²) < 4.78 is 2.03. The molecular formula is C23H31ClN4O2. The van der Waals surface area contributed by atoms with Crippen molar-refractivity contribution in [2.75, 3.05) is 18.4 Å². The van der Waals surface area contributed by atoms with Gasteiger partial charge in [-0.1, -0.05) is 31.0 Å². The van der Waals surface area contributed by atoms with Crippen LogP contribution in [0.15, 0.2) is 36.5 Å². The second kappa shape index (κ2) is 10.0. The number of benzene rings is 1. The summed E-state index contributed by atoms with van der Waals surface area (Å²) in [6, 6.07) is 9.45. The quantitative estimate of drug-likeness (QED) is 0.620. The van der Waals surface area contributed by atoms with Gasteiger partial charge in [0.2, 0.25) is 5.91 Å². The third-order valence-corrected chi connectivity index (χ3v) is 5.92. The highest BCUT2D eigenvalue weighted by Gasteiger charge is 2.34. The summed E-state index contributed by atoms with van der Waals surface area (Å²) >= 11 is 6.18. The number of rotatable bonds is 9. The summed E-state index contributed by atoms with van der Waals surface area (Å²) in [5.74, 6) is -0.00751. The van der Waals surface area contributed by atoms with Crippen molar-refractivity contribution in [2.45, 2.75) is 52.1 Å². The Morgan fingerprint density at radius 2 is 2.03 bits per heavy atom. The van der Waals surface area contributed by atoms with Crippen molar-refractivity contribution in [3.05, 3.63) is 52.8 Å². The van der Waals surface area contributed by atoms with Gasteiger partial charge in [-0.2, -0.15) is 0 Å². The van der Waals surface area contributed by atoms with E-state index in [1.165, 1.54) is 0 Å². The molecule has 1 saturated carbocycles. The summed E-state index contributed by atoms with van der Waals surface area (Å²) in [6.45, 7) is 5.18. The minimum Gasteiger partial charge on any atom is -0.353 e. The molecule has 1 aromatic carbocycles. The van der Waals surface area contributed by atoms with E-state index in [-0.39, 0.29) is 24.5 Å². The Hall–Kier alpha value is -2.47. The van der Waals surface area contributed by atoms with E-state index in [9.17, 15) is 9.59 Å². The minimum absolute atomic E-state index is 0.00751. The molecule has 1 heterocycles. The molecule has 0 spiro atoms. The molecule has 1 fully saturated rings. The number of carbonyl (C=O) groups excluding carboxylic acids is 2. The van der Waals surface area contributed by atoms with Gasteiger partial charge in [-0.05, 0) is 56.0 Å². The number of aromatic nitrogens is 1. The van der Waals surface area contributed by atoms with Gasteiger partial charge >= 0.3 is 6.03 Å². The lowest BCUT2D eigenvalue weighted by Gasteiger charge is -2.28. The molecule has 30 heavy (non-hydrogen) atoms. The van der Waals surface area contributed by atoms with Gasteiger partial charge < -0.3 is 19.7 Å². The first kappa shape index (κ1) is 22.2. The average Bonchev–Trinajstić information content (AvgIpc) is 3.47. The van der Waals surface area contributed by atoms with Crippen molar-refractivity contribution < 1.29 is 9.59 Å². The molecule has 7 heteroatoms. The third kappa shape index (κ3) is 5.79. The van der Waals surface area contributed by atoms with Crippen LogP contribution in [0.1, 0.15) is 43.9 Å². The van der Waals surface area contributed by atoms with Crippen molar-refractivity contribution in [3.8, 4) is 0 Å². The van der Waals surface area contributed by atoms with Crippen molar-refractivity contribution in [3.63, 3.8) is 0 Å². The summed E-state index contributed by atoms with van der Waals surface area (Å²) in [4.78, 5) is 29.6. The zero-order valence-corrected chi connectivity index (χ0v) is 18.8. The first-order chi connectivity index (χ1) is 14.4. The lowest BCUT2D eigenvalue weighted by atomic mass is 10.2. The van der Waals surface area contributed by atoms with E-state index in [2.05, 4.69) is 12.2 Å². The van der Waals surface area contributed by atoms with Gasteiger partial charge in [0, 0.05) is 42.2 Å². The Morgan fingerprint density at radius 1 is 1.27 bits per heavy atom. The van der Waals surface area contributed by atoms with E-state index in [0.29, 0.717) is 23.8 Å². The molecule has 1 aliphatic carbocycles. The van der Waals surface area contributed by atoms with E-state index in [0.717, 1.165) is 36.9 Å². The number of aryl methyl sites for hydroxylation is 2. The summed E-state index contributed by atoms with van der Waals surface area (Å²) in [7, 11) is 1.98. The molecule has 2 aromatic rings. The van der Waals surface area contributed by atoms with Gasteiger partial charge in [0.1, 0.15) is 6.54 Å². The van der Waals surface area contributed by atoms with Crippen molar-refractivity contribution in [2.24, 2.45) is 7.05 Å². The minimum atomic E-state index is -0.272. The van der Waals surface area contributed by atoms with Crippen molar-refractivity contribution in [1.82, 2.24) is 14.4 Å². The van der Waals surface area contributed by atoms with Crippen LogP contribution < -0.4 is 5.32 Å². The SMILES string of the molecule is CCCCN(CC(=O)N(Cc1cccn1C)C1CC1)C(=O)Nc1ccc(C)c(Cl)c1. The van der Waals surface area contributed by atoms with E-state index in [1.54, 1.807) is 11.0 Å². The molecule has 0 saturated heterocycles. The summed E-state index contributed by atoms with van der Waals surface area (Å²) in [6.07, 6.45) is 5.83. The van der Waals surface area contributed by atoms with Gasteiger partial charge in [0.05, 0.1) is 6.54 Å². The van der Waals surface area contributed by atoms with Crippen LogP contribution in [0.5, 0.6) is 0 Å². The molecule has 1 N–H and O–H groups in total. The molecular weight excluding hydrogens is 400 g/mol. The Labute approximate surface area is 183 Å². The predicted octanol–water partition coefficient (Wildman–Crippen LogP) is 4.81. The lowest BCUT2D eigenvalue weighted by Crippen LogP contribution is -2.45. The Morgan fingerprint density at radius 3 is 2.63 bits per heavy atom. The highest BCUT2D eigenvalue weighted by atomic mass is 35.5. The number of nitrogens with one attached hydrogen (secondary N) is 1. The number of halogens is 1. The van der Waals surface area contributed by atoms with Gasteiger partial charge in [-0.3, -0.25) is 4.79 Å². The molecule has 0 bridgehead atoms. The monoisotopic (exact) mass is 430 g/mol. The zero-order chi connectivity index (χ0) is 21.7. The number of carbonyl (C=O) groups is 2. The topological polar surface area (TPSA) is 57.6 Å². The molecule has 0 atom stereocenters. The molecule has 1 aliphatic rings. The molecule has 0 aliphatic heterocycles. The summed E-state index contributed by atoms with van der Waals surface area (Å²) in [5, 5.41) is 3.49. The summed E-state index contributed by atoms with van der Waals surface area (Å²) in [5.41, 5.74) is 2.68. The normalized spacial score (nSPS) is 13.2. The number of hydrogen-bond acceptors (Lipinski definition) is 2. The number of urea groups is 1. The smallest absolute Gasteiger partial charge is 0.322 e. The molecule has 3 rings (SSSR count). The molecule has 0 unspecified atom stereocenters. The van der Waals surface area contributed by atoms with E-state index in [1.807, 2.05) is 53.9 Å². The fourth-order valence-electron chi connectivity index (χ4n) is 3.37. The number of amides is 3. The maximum atomic E-state index is 13.2. The molecule has 1 aromatic heterocycles. The van der Waals surface area contributed by atoms with Crippen molar-refractivity contribution in [1.29, 1.82) is 0 Å². The second-order valence-corrected chi connectivity index (χ2v) is 8.44. The first-order valence-corrected chi connectivity index (χ1v) is 11.0. The number of hydrogen-bond donors (Lipinski definition) is 1. The first-order valence-electron chi connectivity index (χ1n) is 10.6. The average molecular weight is 431 g/mol. The van der Waals surface area contributed by atoms with E-state index in [4.69, 9.17) is 11.6 Å². The van der Waals surface area contributed by atoms with Crippen LogP contribution in [-0.4, -0.2) is 45.4 Å². The lowest BCUT2D eigenvalue weighted by molar-refractivity contribution is -0.133. The third-order valence-electron chi connectivity index (χ3n) is 5.51. The van der Waals surface area contributed by atoms with Gasteiger partial charge in [-0.25, -0.2) is 4.79 Å². The molecule has 0 radical (unpaired) electrons. The fourth-order valence-corrected chi connectivity index (χ4v) is 3.55. The van der Waals surface area contributed by atoms with Crippen LogP contribution in [0.2, 0.25) is 5.02 Å². The van der Waals surface area contributed by atoms with E-state index >= 15 is 0 Å². The maximum absolute atomic E-state index is 13.2. The number of nitrogens with zero attached hydrogens (tertiary/aromatic N) is 3.